The van der Waals surface area contributed by atoms with Crippen molar-refractivity contribution in [1.82, 2.24) is 21.0 Å². The second-order valence-electron chi connectivity index (χ2n) is 8.94. The Kier molecular flexibility index (Phi) is 8.90. The molecule has 3 N–H and O–H groups in total. The third-order valence-corrected chi connectivity index (χ3v) is 6.37. The van der Waals surface area contributed by atoms with Gasteiger partial charge in [-0.3, -0.25) is 9.63 Å². The Morgan fingerprint density at radius 1 is 0.853 bits per heavy atom. The van der Waals surface area contributed by atoms with E-state index in [9.17, 15) is 9.59 Å². The molecule has 2 atom stereocenters. The summed E-state index contributed by atoms with van der Waals surface area (Å²) >= 11 is 0. The molecule has 2 heterocycles. The highest BCUT2D eigenvalue weighted by Crippen LogP contribution is 2.15. The van der Waals surface area contributed by atoms with E-state index in [1.165, 1.54) is 0 Å². The fraction of sp³-hybridized carbons (Fsp3) is 0.462. The number of nitrogens with one attached hydrogen (secondary N) is 3. The Bertz CT molecular complexity index is 896. The van der Waals surface area contributed by atoms with Crippen LogP contribution < -0.4 is 16.1 Å². The fourth-order valence-corrected chi connectivity index (χ4v) is 4.32. The lowest BCUT2D eigenvalue weighted by molar-refractivity contribution is -0.125. The number of carbonyl (C=O) groups excluding carboxylic acids is 2. The summed E-state index contributed by atoms with van der Waals surface area (Å²) in [4.78, 5) is 32.4. The van der Waals surface area contributed by atoms with E-state index in [4.69, 9.17) is 9.57 Å². The molecule has 2 saturated heterocycles. The molecule has 0 aliphatic carbocycles. The first-order valence-electron chi connectivity index (χ1n) is 12.1. The number of ether oxygens (including phenoxy) is 1. The summed E-state index contributed by atoms with van der Waals surface area (Å²) in [6, 6.07) is 19.7. The van der Waals surface area contributed by atoms with Crippen molar-refractivity contribution in [3.63, 3.8) is 0 Å². The van der Waals surface area contributed by atoms with Crippen molar-refractivity contribution in [3.05, 3.63) is 71.8 Å². The van der Waals surface area contributed by atoms with Gasteiger partial charge in [-0.15, -0.1) is 0 Å². The van der Waals surface area contributed by atoms with Gasteiger partial charge in [0, 0.05) is 31.7 Å². The van der Waals surface area contributed by atoms with E-state index in [1.807, 2.05) is 60.7 Å². The zero-order valence-electron chi connectivity index (χ0n) is 19.4. The van der Waals surface area contributed by atoms with Crippen LogP contribution in [-0.2, 0) is 27.6 Å². The highest BCUT2D eigenvalue weighted by atomic mass is 16.6. The number of piperidine rings is 2. The van der Waals surface area contributed by atoms with Gasteiger partial charge in [0.25, 0.3) is 0 Å². The van der Waals surface area contributed by atoms with Crippen molar-refractivity contribution in [1.29, 1.82) is 0 Å². The van der Waals surface area contributed by atoms with Gasteiger partial charge in [-0.1, -0.05) is 60.7 Å². The summed E-state index contributed by atoms with van der Waals surface area (Å²) in [5, 5.41) is 6.48. The Labute approximate surface area is 200 Å². The van der Waals surface area contributed by atoms with Crippen molar-refractivity contribution in [2.45, 2.75) is 57.0 Å². The molecule has 0 aromatic heterocycles. The van der Waals surface area contributed by atoms with Crippen molar-refractivity contribution in [3.8, 4) is 0 Å². The predicted octanol–water partition coefficient (Wildman–Crippen LogP) is 2.75. The number of likely N-dealkylation sites (tertiary alicyclic amines) is 1. The molecule has 182 valence electrons. The molecule has 2 aromatic rings. The van der Waals surface area contributed by atoms with Crippen LogP contribution in [0.15, 0.2) is 60.7 Å². The van der Waals surface area contributed by atoms with Gasteiger partial charge in [0.15, 0.2) is 0 Å². The van der Waals surface area contributed by atoms with Crippen LogP contribution in [0.5, 0.6) is 0 Å². The number of benzene rings is 2. The maximum Gasteiger partial charge on any atom is 0.410 e. The largest absolute Gasteiger partial charge is 0.445 e. The van der Waals surface area contributed by atoms with Gasteiger partial charge in [-0.05, 0) is 36.8 Å². The van der Waals surface area contributed by atoms with E-state index in [-0.39, 0.29) is 36.7 Å². The quantitative estimate of drug-likeness (QED) is 0.518. The van der Waals surface area contributed by atoms with Crippen LogP contribution in [0.3, 0.4) is 0 Å². The number of hydrogen-bond acceptors (Lipinski definition) is 6. The standard InChI is InChI=1S/C26H34N4O4/c31-25(24-12-11-23(17-27-24)29-34-19-21-9-5-2-6-10-21)28-22-13-15-30(16-14-22)26(32)33-18-20-7-3-1-4-8-20/h1-10,22-24,27,29H,11-19H2,(H,28,31)/t23-,24+/m1/s1. The average Bonchev–Trinajstić information content (AvgIpc) is 2.89. The molecule has 8 nitrogen and oxygen atoms in total. The smallest absolute Gasteiger partial charge is 0.410 e. The van der Waals surface area contributed by atoms with Gasteiger partial charge in [0.2, 0.25) is 5.91 Å². The lowest BCUT2D eigenvalue weighted by atomic mass is 9.99. The minimum atomic E-state index is -0.296. The van der Waals surface area contributed by atoms with Crippen molar-refractivity contribution in [2.75, 3.05) is 19.6 Å². The second-order valence-corrected chi connectivity index (χ2v) is 8.94. The SMILES string of the molecule is O=C(NC1CCN(C(=O)OCc2ccccc2)CC1)[C@@H]1CC[C@@H](NOCc2ccccc2)CN1. The minimum Gasteiger partial charge on any atom is -0.445 e. The Morgan fingerprint density at radius 3 is 2.12 bits per heavy atom. The first-order valence-corrected chi connectivity index (χ1v) is 12.1. The summed E-state index contributed by atoms with van der Waals surface area (Å²) in [5.41, 5.74) is 5.19. The lowest BCUT2D eigenvalue weighted by Gasteiger charge is -2.34. The zero-order chi connectivity index (χ0) is 23.6. The topological polar surface area (TPSA) is 91.9 Å². The van der Waals surface area contributed by atoms with E-state index in [0.717, 1.165) is 36.8 Å². The lowest BCUT2D eigenvalue weighted by Crippen LogP contribution is -2.56. The molecule has 34 heavy (non-hydrogen) atoms. The number of amides is 2. The van der Waals surface area contributed by atoms with Crippen LogP contribution in [0.1, 0.15) is 36.8 Å². The molecule has 0 spiro atoms. The molecule has 0 radical (unpaired) electrons. The van der Waals surface area contributed by atoms with E-state index >= 15 is 0 Å². The van der Waals surface area contributed by atoms with Crippen LogP contribution >= 0.6 is 0 Å². The van der Waals surface area contributed by atoms with Crippen molar-refractivity contribution >= 4 is 12.0 Å². The first kappa shape index (κ1) is 24.2. The summed E-state index contributed by atoms with van der Waals surface area (Å²) in [5.74, 6) is 0.0359. The third-order valence-electron chi connectivity index (χ3n) is 6.37. The molecule has 0 saturated carbocycles. The number of carbonyl (C=O) groups is 2. The Balaban J connectivity index is 1.09. The van der Waals surface area contributed by atoms with Gasteiger partial charge >= 0.3 is 6.09 Å². The monoisotopic (exact) mass is 466 g/mol. The van der Waals surface area contributed by atoms with Gasteiger partial charge in [0.1, 0.15) is 6.61 Å². The zero-order valence-corrected chi connectivity index (χ0v) is 19.4. The number of hydroxylamine groups is 1. The van der Waals surface area contributed by atoms with Gasteiger partial charge in [-0.25, -0.2) is 4.79 Å². The normalized spacial score (nSPS) is 21.1. The molecule has 4 rings (SSSR count). The molecule has 2 fully saturated rings. The number of hydrogen-bond donors (Lipinski definition) is 3. The highest BCUT2D eigenvalue weighted by molar-refractivity contribution is 5.82. The Hall–Kier alpha value is -2.94. The Morgan fingerprint density at radius 2 is 1.50 bits per heavy atom. The molecule has 2 amide bonds. The maximum absolute atomic E-state index is 12.7. The summed E-state index contributed by atoms with van der Waals surface area (Å²) in [6.07, 6.45) is 2.79. The summed E-state index contributed by atoms with van der Waals surface area (Å²) in [6.45, 7) is 2.64. The van der Waals surface area contributed by atoms with Crippen LogP contribution in [0.25, 0.3) is 0 Å². The molecular formula is C26H34N4O4. The molecule has 2 aromatic carbocycles. The van der Waals surface area contributed by atoms with Crippen molar-refractivity contribution in [2.24, 2.45) is 0 Å². The number of nitrogens with zero attached hydrogens (tertiary/aromatic N) is 1. The maximum atomic E-state index is 12.7. The van der Waals surface area contributed by atoms with E-state index < -0.39 is 0 Å². The summed E-state index contributed by atoms with van der Waals surface area (Å²) in [7, 11) is 0. The summed E-state index contributed by atoms with van der Waals surface area (Å²) < 4.78 is 5.42. The van der Waals surface area contributed by atoms with Gasteiger partial charge < -0.3 is 20.3 Å². The molecular weight excluding hydrogens is 432 g/mol. The molecule has 2 aliphatic rings. The number of rotatable bonds is 8. The van der Waals surface area contributed by atoms with Crippen LogP contribution in [-0.4, -0.2) is 54.7 Å². The molecule has 2 aliphatic heterocycles. The highest BCUT2D eigenvalue weighted by Gasteiger charge is 2.29. The molecule has 0 unspecified atom stereocenters. The van der Waals surface area contributed by atoms with Gasteiger partial charge in [0.05, 0.1) is 12.6 Å². The van der Waals surface area contributed by atoms with Gasteiger partial charge in [-0.2, -0.15) is 5.48 Å². The van der Waals surface area contributed by atoms with E-state index in [2.05, 4.69) is 16.1 Å². The van der Waals surface area contributed by atoms with Crippen molar-refractivity contribution < 1.29 is 19.2 Å². The third kappa shape index (κ3) is 7.28. The predicted molar refractivity (Wildman–Crippen MR) is 129 cm³/mol. The first-order chi connectivity index (χ1) is 16.7. The molecule has 0 bridgehead atoms. The van der Waals surface area contributed by atoms with E-state index in [0.29, 0.717) is 26.2 Å². The minimum absolute atomic E-state index is 0.0359. The average molecular weight is 467 g/mol. The van der Waals surface area contributed by atoms with E-state index in [1.54, 1.807) is 4.90 Å². The van der Waals surface area contributed by atoms with Crippen LogP contribution in [0, 0.1) is 0 Å². The van der Waals surface area contributed by atoms with Crippen LogP contribution in [0.2, 0.25) is 0 Å². The fourth-order valence-electron chi connectivity index (χ4n) is 4.32. The molecule has 8 heteroatoms. The van der Waals surface area contributed by atoms with Crippen LogP contribution in [0.4, 0.5) is 4.79 Å². The second kappa shape index (κ2) is 12.5.